The van der Waals surface area contributed by atoms with Gasteiger partial charge in [-0.3, -0.25) is 0 Å². The molecule has 1 atom stereocenters. The second-order valence-electron chi connectivity index (χ2n) is 3.90. The van der Waals surface area contributed by atoms with Crippen LogP contribution in [0.25, 0.3) is 0 Å². The molecular formula is C14H20N2O2. The number of nitriles is 1. The second kappa shape index (κ2) is 7.57. The summed E-state index contributed by atoms with van der Waals surface area (Å²) in [5.41, 5.74) is 1.00. The molecule has 0 aliphatic carbocycles. The number of methoxy groups -OCH3 is 1. The highest BCUT2D eigenvalue weighted by Gasteiger charge is 2.11. The molecule has 0 heterocycles. The van der Waals surface area contributed by atoms with Crippen LogP contribution in [0, 0.1) is 11.3 Å². The Morgan fingerprint density at radius 3 is 2.72 bits per heavy atom. The Bertz CT molecular complexity index is 413. The van der Waals surface area contributed by atoms with Crippen LogP contribution < -0.4 is 14.8 Å². The minimum Gasteiger partial charge on any atom is -0.497 e. The summed E-state index contributed by atoms with van der Waals surface area (Å²) in [5.74, 6) is 1.53. The van der Waals surface area contributed by atoms with Gasteiger partial charge in [0, 0.05) is 12.1 Å². The molecule has 0 saturated carbocycles. The molecule has 1 N–H and O–H groups in total. The molecule has 1 aromatic rings. The largest absolute Gasteiger partial charge is 0.497 e. The molecule has 0 aromatic heterocycles. The highest BCUT2D eigenvalue weighted by molar-refractivity contribution is 5.40. The maximum atomic E-state index is 8.94. The van der Waals surface area contributed by atoms with E-state index in [9.17, 15) is 0 Å². The van der Waals surface area contributed by atoms with Crippen molar-refractivity contribution in [3.05, 3.63) is 23.8 Å². The normalized spacial score (nSPS) is 11.7. The van der Waals surface area contributed by atoms with Crippen molar-refractivity contribution in [1.82, 2.24) is 5.32 Å². The van der Waals surface area contributed by atoms with Crippen LogP contribution in [0.4, 0.5) is 0 Å². The molecule has 0 bridgehead atoms. The zero-order valence-corrected chi connectivity index (χ0v) is 11.2. The molecule has 18 heavy (non-hydrogen) atoms. The van der Waals surface area contributed by atoms with Crippen LogP contribution in [0.15, 0.2) is 18.2 Å². The lowest BCUT2D eigenvalue weighted by Gasteiger charge is -2.15. The van der Waals surface area contributed by atoms with Gasteiger partial charge in [-0.1, -0.05) is 13.8 Å². The van der Waals surface area contributed by atoms with E-state index in [0.29, 0.717) is 13.0 Å². The predicted octanol–water partition coefficient (Wildman–Crippen LogP) is 2.49. The molecule has 0 saturated heterocycles. The van der Waals surface area contributed by atoms with E-state index >= 15 is 0 Å². The lowest BCUT2D eigenvalue weighted by molar-refractivity contribution is 0.248. The topological polar surface area (TPSA) is 54.3 Å². The molecule has 1 rings (SSSR count). The van der Waals surface area contributed by atoms with E-state index in [4.69, 9.17) is 14.7 Å². The molecule has 0 aliphatic heterocycles. The SMILES string of the molecule is CCNCc1cc(OC)ccc1OC(C#N)CC. The first-order valence-electron chi connectivity index (χ1n) is 6.19. The van der Waals surface area contributed by atoms with Gasteiger partial charge in [-0.25, -0.2) is 0 Å². The summed E-state index contributed by atoms with van der Waals surface area (Å²) in [6.07, 6.45) is 0.266. The first kappa shape index (κ1) is 14.3. The van der Waals surface area contributed by atoms with E-state index < -0.39 is 6.10 Å². The van der Waals surface area contributed by atoms with E-state index in [1.165, 1.54) is 0 Å². The zero-order chi connectivity index (χ0) is 13.4. The van der Waals surface area contributed by atoms with Crippen LogP contribution >= 0.6 is 0 Å². The summed E-state index contributed by atoms with van der Waals surface area (Å²) in [4.78, 5) is 0. The number of ether oxygens (including phenoxy) is 2. The Morgan fingerprint density at radius 2 is 2.17 bits per heavy atom. The molecule has 1 unspecified atom stereocenters. The summed E-state index contributed by atoms with van der Waals surface area (Å²) in [5, 5.41) is 12.2. The van der Waals surface area contributed by atoms with Crippen LogP contribution in [-0.4, -0.2) is 19.8 Å². The first-order valence-corrected chi connectivity index (χ1v) is 6.19. The summed E-state index contributed by atoms with van der Waals surface area (Å²) in [6.45, 7) is 5.56. The highest BCUT2D eigenvalue weighted by Crippen LogP contribution is 2.25. The zero-order valence-electron chi connectivity index (χ0n) is 11.2. The van der Waals surface area contributed by atoms with E-state index in [1.807, 2.05) is 32.0 Å². The minimum atomic E-state index is -0.404. The summed E-state index contributed by atoms with van der Waals surface area (Å²) in [6, 6.07) is 7.77. The van der Waals surface area contributed by atoms with Crippen LogP contribution in [0.1, 0.15) is 25.8 Å². The third kappa shape index (κ3) is 3.94. The monoisotopic (exact) mass is 248 g/mol. The molecule has 98 valence electrons. The first-order chi connectivity index (χ1) is 8.74. The van der Waals surface area contributed by atoms with Gasteiger partial charge in [-0.05, 0) is 31.2 Å². The fourth-order valence-corrected chi connectivity index (χ4v) is 1.55. The number of nitrogens with zero attached hydrogens (tertiary/aromatic N) is 1. The average molecular weight is 248 g/mol. The van der Waals surface area contributed by atoms with Crippen LogP contribution in [0.2, 0.25) is 0 Å². The molecule has 0 amide bonds. The van der Waals surface area contributed by atoms with Crippen molar-refractivity contribution in [2.45, 2.75) is 32.9 Å². The molecule has 0 aliphatic rings. The van der Waals surface area contributed by atoms with Crippen molar-refractivity contribution in [2.75, 3.05) is 13.7 Å². The number of benzene rings is 1. The minimum absolute atomic E-state index is 0.404. The summed E-state index contributed by atoms with van der Waals surface area (Å²) < 4.78 is 10.9. The molecular weight excluding hydrogens is 228 g/mol. The number of nitrogens with one attached hydrogen (secondary N) is 1. The summed E-state index contributed by atoms with van der Waals surface area (Å²) >= 11 is 0. The maximum Gasteiger partial charge on any atom is 0.184 e. The Hall–Kier alpha value is -1.73. The van der Waals surface area contributed by atoms with Crippen molar-refractivity contribution in [1.29, 1.82) is 5.26 Å². The predicted molar refractivity (Wildman–Crippen MR) is 70.7 cm³/mol. The standard InChI is InChI=1S/C14H20N2O2/c1-4-12(9-15)18-14-7-6-13(17-3)8-11(14)10-16-5-2/h6-8,12,16H,4-5,10H2,1-3H3. The Morgan fingerprint density at radius 1 is 1.39 bits per heavy atom. The van der Waals surface area contributed by atoms with Gasteiger partial charge in [0.05, 0.1) is 7.11 Å². The highest BCUT2D eigenvalue weighted by atomic mass is 16.5. The van der Waals surface area contributed by atoms with Gasteiger partial charge in [0.25, 0.3) is 0 Å². The fourth-order valence-electron chi connectivity index (χ4n) is 1.55. The van der Waals surface area contributed by atoms with Gasteiger partial charge in [-0.2, -0.15) is 5.26 Å². The lowest BCUT2D eigenvalue weighted by atomic mass is 10.1. The third-order valence-electron chi connectivity index (χ3n) is 2.62. The fraction of sp³-hybridized carbons (Fsp3) is 0.500. The Balaban J connectivity index is 2.91. The molecule has 0 fully saturated rings. The Labute approximate surface area is 109 Å². The van der Waals surface area contributed by atoms with E-state index in [2.05, 4.69) is 11.4 Å². The van der Waals surface area contributed by atoms with Crippen molar-refractivity contribution >= 4 is 0 Å². The van der Waals surface area contributed by atoms with Gasteiger partial charge in [0.15, 0.2) is 6.10 Å². The average Bonchev–Trinajstić information content (AvgIpc) is 2.43. The van der Waals surface area contributed by atoms with Crippen molar-refractivity contribution < 1.29 is 9.47 Å². The van der Waals surface area contributed by atoms with Crippen LogP contribution in [0.5, 0.6) is 11.5 Å². The van der Waals surface area contributed by atoms with Crippen LogP contribution in [-0.2, 0) is 6.54 Å². The lowest BCUT2D eigenvalue weighted by Crippen LogP contribution is -2.16. The van der Waals surface area contributed by atoms with Gasteiger partial charge >= 0.3 is 0 Å². The number of hydrogen-bond acceptors (Lipinski definition) is 4. The van der Waals surface area contributed by atoms with Crippen LogP contribution in [0.3, 0.4) is 0 Å². The molecule has 4 heteroatoms. The third-order valence-corrected chi connectivity index (χ3v) is 2.62. The van der Waals surface area contributed by atoms with Crippen molar-refractivity contribution in [2.24, 2.45) is 0 Å². The van der Waals surface area contributed by atoms with Gasteiger partial charge in [0.1, 0.15) is 17.6 Å². The Kier molecular flexibility index (Phi) is 6.03. The van der Waals surface area contributed by atoms with Crippen molar-refractivity contribution in [3.63, 3.8) is 0 Å². The van der Waals surface area contributed by atoms with E-state index in [1.54, 1.807) is 7.11 Å². The molecule has 0 spiro atoms. The van der Waals surface area contributed by atoms with E-state index in [-0.39, 0.29) is 0 Å². The van der Waals surface area contributed by atoms with Gasteiger partial charge in [0.2, 0.25) is 0 Å². The maximum absolute atomic E-state index is 8.94. The molecule has 1 aromatic carbocycles. The van der Waals surface area contributed by atoms with E-state index in [0.717, 1.165) is 23.6 Å². The number of hydrogen-bond donors (Lipinski definition) is 1. The van der Waals surface area contributed by atoms with Gasteiger partial charge < -0.3 is 14.8 Å². The number of rotatable bonds is 7. The molecule has 0 radical (unpaired) electrons. The van der Waals surface area contributed by atoms with Gasteiger partial charge in [-0.15, -0.1) is 0 Å². The van der Waals surface area contributed by atoms with Crippen molar-refractivity contribution in [3.8, 4) is 17.6 Å². The smallest absolute Gasteiger partial charge is 0.184 e. The quantitative estimate of drug-likeness (QED) is 0.805. The second-order valence-corrected chi connectivity index (χ2v) is 3.90. The summed E-state index contributed by atoms with van der Waals surface area (Å²) in [7, 11) is 1.64. The molecule has 4 nitrogen and oxygen atoms in total.